The first-order chi connectivity index (χ1) is 16.3. The van der Waals surface area contributed by atoms with Crippen molar-refractivity contribution in [2.45, 2.75) is 50.4 Å². The highest BCUT2D eigenvalue weighted by atomic mass is 32.1. The van der Waals surface area contributed by atoms with Gasteiger partial charge in [0, 0.05) is 20.0 Å². The van der Waals surface area contributed by atoms with Gasteiger partial charge in [0.15, 0.2) is 0 Å². The van der Waals surface area contributed by atoms with Crippen molar-refractivity contribution in [3.05, 3.63) is 71.8 Å². The predicted molar refractivity (Wildman–Crippen MR) is 138 cm³/mol. The van der Waals surface area contributed by atoms with Crippen LogP contribution < -0.4 is 10.6 Å². The van der Waals surface area contributed by atoms with Gasteiger partial charge < -0.3 is 15.5 Å². The smallest absolute Gasteiger partial charge is 0.243 e. The number of nitrogens with one attached hydrogen (secondary N) is 2. The van der Waals surface area contributed by atoms with Crippen LogP contribution in [-0.2, 0) is 27.2 Å². The van der Waals surface area contributed by atoms with Gasteiger partial charge in [0.2, 0.25) is 17.7 Å². The second kappa shape index (κ2) is 12.1. The number of nitrogens with zero attached hydrogens (tertiary/aromatic N) is 1. The summed E-state index contributed by atoms with van der Waals surface area (Å²) in [6.45, 7) is 4.40. The average Bonchev–Trinajstić information content (AvgIpc) is 3.26. The van der Waals surface area contributed by atoms with Gasteiger partial charge in [0.1, 0.15) is 12.1 Å². The van der Waals surface area contributed by atoms with E-state index in [1.54, 1.807) is 11.9 Å². The number of hydrogen-bond acceptors (Lipinski definition) is 4. The zero-order valence-electron chi connectivity index (χ0n) is 20.1. The van der Waals surface area contributed by atoms with Crippen molar-refractivity contribution >= 4 is 30.4 Å². The van der Waals surface area contributed by atoms with Gasteiger partial charge in [-0.3, -0.25) is 14.4 Å². The maximum atomic E-state index is 13.7. The zero-order valence-corrected chi connectivity index (χ0v) is 21.0. The number of benzene rings is 2. The van der Waals surface area contributed by atoms with E-state index in [0.717, 1.165) is 17.5 Å². The molecule has 34 heavy (non-hydrogen) atoms. The summed E-state index contributed by atoms with van der Waals surface area (Å²) < 4.78 is 0. The number of carbonyl (C=O) groups excluding carboxylic acids is 3. The van der Waals surface area contributed by atoms with Crippen LogP contribution >= 0.6 is 12.6 Å². The molecule has 4 atom stereocenters. The molecule has 0 aromatic heterocycles. The van der Waals surface area contributed by atoms with Crippen molar-refractivity contribution in [3.8, 4) is 0 Å². The third-order valence-corrected chi connectivity index (χ3v) is 7.28. The molecule has 1 saturated heterocycles. The Hall–Kier alpha value is -2.80. The van der Waals surface area contributed by atoms with Crippen molar-refractivity contribution in [1.29, 1.82) is 0 Å². The standard InChI is InChI=1S/C27H35N3O3S/c1-18(2)24(34)27(33)30-15-14-21(16-19-10-6-4-7-11-19)23(30)26(32)29-22(25(31)28-3)17-20-12-8-5-9-13-20/h4-13,18,21-24,34H,14-17H2,1-3H3,(H,28,31)(H,29,32). The highest BCUT2D eigenvalue weighted by Crippen LogP contribution is 2.30. The van der Waals surface area contributed by atoms with Gasteiger partial charge in [0.25, 0.3) is 0 Å². The van der Waals surface area contributed by atoms with Gasteiger partial charge in [-0.15, -0.1) is 0 Å². The predicted octanol–water partition coefficient (Wildman–Crippen LogP) is 2.87. The fourth-order valence-electron chi connectivity index (χ4n) is 4.54. The van der Waals surface area contributed by atoms with Crippen molar-refractivity contribution in [1.82, 2.24) is 15.5 Å². The Morgan fingerprint density at radius 1 is 1.00 bits per heavy atom. The number of likely N-dealkylation sites (tertiary alicyclic amines) is 1. The molecule has 4 unspecified atom stereocenters. The van der Waals surface area contributed by atoms with Gasteiger partial charge in [-0.25, -0.2) is 0 Å². The summed E-state index contributed by atoms with van der Waals surface area (Å²) in [4.78, 5) is 41.2. The maximum absolute atomic E-state index is 13.7. The molecular formula is C27H35N3O3S. The monoisotopic (exact) mass is 481 g/mol. The zero-order chi connectivity index (χ0) is 24.7. The number of likely N-dealkylation sites (N-methyl/N-ethyl adjacent to an activating group) is 1. The van der Waals surface area contributed by atoms with Gasteiger partial charge in [0.05, 0.1) is 5.25 Å². The summed E-state index contributed by atoms with van der Waals surface area (Å²) in [5.41, 5.74) is 2.07. The molecule has 2 aromatic carbocycles. The summed E-state index contributed by atoms with van der Waals surface area (Å²) >= 11 is 4.53. The highest BCUT2D eigenvalue weighted by molar-refractivity contribution is 7.81. The molecule has 2 aromatic rings. The van der Waals surface area contributed by atoms with E-state index in [4.69, 9.17) is 0 Å². The van der Waals surface area contributed by atoms with Crippen LogP contribution in [0.2, 0.25) is 0 Å². The molecule has 182 valence electrons. The number of rotatable bonds is 9. The van der Waals surface area contributed by atoms with Gasteiger partial charge >= 0.3 is 0 Å². The minimum atomic E-state index is -0.730. The Kier molecular flexibility index (Phi) is 9.16. The first-order valence-corrected chi connectivity index (χ1v) is 12.4. The Balaban J connectivity index is 1.85. The Morgan fingerprint density at radius 2 is 1.59 bits per heavy atom. The molecule has 1 aliphatic rings. The molecule has 0 spiro atoms. The van der Waals surface area contributed by atoms with Gasteiger partial charge in [-0.05, 0) is 35.8 Å². The summed E-state index contributed by atoms with van der Waals surface area (Å²) in [6.07, 6.45) is 1.78. The Bertz CT molecular complexity index is 968. The highest BCUT2D eigenvalue weighted by Gasteiger charge is 2.44. The van der Waals surface area contributed by atoms with Crippen LogP contribution in [0.3, 0.4) is 0 Å². The Morgan fingerprint density at radius 3 is 2.15 bits per heavy atom. The molecule has 0 aliphatic carbocycles. The molecule has 7 heteroatoms. The minimum Gasteiger partial charge on any atom is -0.357 e. The summed E-state index contributed by atoms with van der Waals surface area (Å²) in [7, 11) is 1.56. The van der Waals surface area contributed by atoms with E-state index < -0.39 is 17.3 Å². The lowest BCUT2D eigenvalue weighted by Gasteiger charge is -2.31. The van der Waals surface area contributed by atoms with Crippen molar-refractivity contribution in [2.75, 3.05) is 13.6 Å². The molecule has 6 nitrogen and oxygen atoms in total. The molecule has 0 radical (unpaired) electrons. The molecule has 3 rings (SSSR count). The quantitative estimate of drug-likeness (QED) is 0.482. The van der Waals surface area contributed by atoms with Crippen LogP contribution in [0.25, 0.3) is 0 Å². The third-order valence-electron chi connectivity index (χ3n) is 6.46. The summed E-state index contributed by atoms with van der Waals surface area (Å²) in [5.74, 6) is -0.679. The molecular weight excluding hydrogens is 446 g/mol. The van der Waals surface area contributed by atoms with Crippen molar-refractivity contribution in [3.63, 3.8) is 0 Å². The van der Waals surface area contributed by atoms with E-state index in [0.29, 0.717) is 19.4 Å². The molecule has 1 heterocycles. The molecule has 3 amide bonds. The van der Waals surface area contributed by atoms with Crippen LogP contribution in [0.1, 0.15) is 31.4 Å². The van der Waals surface area contributed by atoms with E-state index in [1.165, 1.54) is 0 Å². The molecule has 0 bridgehead atoms. The van der Waals surface area contributed by atoms with Crippen LogP contribution in [0.5, 0.6) is 0 Å². The van der Waals surface area contributed by atoms with Crippen molar-refractivity contribution in [2.24, 2.45) is 11.8 Å². The number of hydrogen-bond donors (Lipinski definition) is 3. The molecule has 1 fully saturated rings. The molecule has 1 aliphatic heterocycles. The van der Waals surface area contributed by atoms with Crippen LogP contribution in [0.15, 0.2) is 60.7 Å². The SMILES string of the molecule is CNC(=O)C(Cc1ccccc1)NC(=O)C1C(Cc2ccccc2)CCN1C(=O)C(S)C(C)C. The number of thiol groups is 1. The fraction of sp³-hybridized carbons (Fsp3) is 0.444. The van der Waals surface area contributed by atoms with Gasteiger partial charge in [-0.2, -0.15) is 12.6 Å². The van der Waals surface area contributed by atoms with Crippen LogP contribution in [-0.4, -0.2) is 53.5 Å². The Labute approximate surface area is 207 Å². The lowest BCUT2D eigenvalue weighted by atomic mass is 9.91. The van der Waals surface area contributed by atoms with Crippen LogP contribution in [0, 0.1) is 11.8 Å². The molecule has 2 N–H and O–H groups in total. The minimum absolute atomic E-state index is 0.0406. The van der Waals surface area contributed by atoms with E-state index in [1.807, 2.05) is 74.5 Å². The topological polar surface area (TPSA) is 78.5 Å². The maximum Gasteiger partial charge on any atom is 0.243 e. The second-order valence-corrected chi connectivity index (χ2v) is 9.83. The lowest BCUT2D eigenvalue weighted by molar-refractivity contribution is -0.140. The summed E-state index contributed by atoms with van der Waals surface area (Å²) in [6, 6.07) is 18.2. The second-order valence-electron chi connectivity index (χ2n) is 9.27. The average molecular weight is 482 g/mol. The molecule has 0 saturated carbocycles. The third kappa shape index (κ3) is 6.41. The van der Waals surface area contributed by atoms with Gasteiger partial charge in [-0.1, -0.05) is 74.5 Å². The largest absolute Gasteiger partial charge is 0.357 e. The van der Waals surface area contributed by atoms with E-state index in [2.05, 4.69) is 23.3 Å². The van der Waals surface area contributed by atoms with E-state index >= 15 is 0 Å². The van der Waals surface area contributed by atoms with Crippen LogP contribution in [0.4, 0.5) is 0 Å². The first kappa shape index (κ1) is 25.8. The number of amides is 3. The van der Waals surface area contributed by atoms with Crippen molar-refractivity contribution < 1.29 is 14.4 Å². The van der Waals surface area contributed by atoms with E-state index in [9.17, 15) is 14.4 Å². The fourth-order valence-corrected chi connectivity index (χ4v) is 4.68. The summed E-state index contributed by atoms with van der Waals surface area (Å²) in [5, 5.41) is 5.13. The van der Waals surface area contributed by atoms with E-state index in [-0.39, 0.29) is 29.6 Å². The normalized spacial score (nSPS) is 19.5. The first-order valence-electron chi connectivity index (χ1n) is 11.9. The number of carbonyl (C=O) groups is 3. The lowest BCUT2D eigenvalue weighted by Crippen LogP contribution is -2.56.